The predicted molar refractivity (Wildman–Crippen MR) is 85.4 cm³/mol. The molecule has 122 valence electrons. The van der Waals surface area contributed by atoms with Crippen molar-refractivity contribution in [2.45, 2.75) is 32.9 Å². The van der Waals surface area contributed by atoms with Gasteiger partial charge in [0.1, 0.15) is 5.82 Å². The van der Waals surface area contributed by atoms with Gasteiger partial charge in [0, 0.05) is 58.2 Å². The van der Waals surface area contributed by atoms with Crippen molar-refractivity contribution in [2.24, 2.45) is 0 Å². The van der Waals surface area contributed by atoms with E-state index in [1.165, 1.54) is 12.8 Å². The van der Waals surface area contributed by atoms with Crippen LogP contribution in [-0.4, -0.2) is 76.0 Å². The highest BCUT2D eigenvalue weighted by Gasteiger charge is 2.23. The van der Waals surface area contributed by atoms with Gasteiger partial charge in [0.25, 0.3) is 0 Å². The molecule has 0 aliphatic carbocycles. The number of aromatic nitrogens is 2. The molecule has 0 radical (unpaired) electrons. The van der Waals surface area contributed by atoms with Crippen LogP contribution >= 0.6 is 0 Å². The van der Waals surface area contributed by atoms with Crippen molar-refractivity contribution in [2.75, 3.05) is 45.8 Å². The fourth-order valence-corrected chi connectivity index (χ4v) is 3.34. The standard InChI is InChI=1S/C16H27N5O/c1-2-20-8-5-17-15(20)13-18-9-11-19(12-10-18)14-16(22)21-6-3-4-7-21/h5,8H,2-4,6-7,9-14H2,1H3. The third-order valence-electron chi connectivity index (χ3n) is 4.79. The maximum Gasteiger partial charge on any atom is 0.236 e. The van der Waals surface area contributed by atoms with Crippen LogP contribution in [0.1, 0.15) is 25.6 Å². The Hall–Kier alpha value is -1.40. The summed E-state index contributed by atoms with van der Waals surface area (Å²) in [4.78, 5) is 23.4. The van der Waals surface area contributed by atoms with E-state index in [0.717, 1.165) is 58.2 Å². The highest BCUT2D eigenvalue weighted by molar-refractivity contribution is 5.78. The number of hydrogen-bond acceptors (Lipinski definition) is 4. The average Bonchev–Trinajstić information content (AvgIpc) is 3.20. The van der Waals surface area contributed by atoms with Gasteiger partial charge in [-0.25, -0.2) is 4.98 Å². The second-order valence-corrected chi connectivity index (χ2v) is 6.27. The van der Waals surface area contributed by atoms with Gasteiger partial charge < -0.3 is 9.47 Å². The van der Waals surface area contributed by atoms with Crippen LogP contribution in [0.3, 0.4) is 0 Å². The molecule has 2 fully saturated rings. The summed E-state index contributed by atoms with van der Waals surface area (Å²) < 4.78 is 2.20. The zero-order valence-electron chi connectivity index (χ0n) is 13.6. The lowest BCUT2D eigenvalue weighted by atomic mass is 10.3. The first kappa shape index (κ1) is 15.5. The molecule has 0 N–H and O–H groups in total. The molecule has 2 saturated heterocycles. The summed E-state index contributed by atoms with van der Waals surface area (Å²) in [6.07, 6.45) is 6.26. The molecule has 1 aromatic heterocycles. The smallest absolute Gasteiger partial charge is 0.236 e. The minimum absolute atomic E-state index is 0.312. The quantitative estimate of drug-likeness (QED) is 0.801. The van der Waals surface area contributed by atoms with E-state index in [1.807, 2.05) is 17.3 Å². The SMILES string of the molecule is CCn1ccnc1CN1CCN(CC(=O)N2CCCC2)CC1. The molecule has 0 atom stereocenters. The van der Waals surface area contributed by atoms with Crippen molar-refractivity contribution in [1.29, 1.82) is 0 Å². The van der Waals surface area contributed by atoms with Crippen LogP contribution in [0.2, 0.25) is 0 Å². The van der Waals surface area contributed by atoms with Crippen LogP contribution in [0.15, 0.2) is 12.4 Å². The Morgan fingerprint density at radius 3 is 2.45 bits per heavy atom. The average molecular weight is 305 g/mol. The van der Waals surface area contributed by atoms with Crippen LogP contribution in [0.4, 0.5) is 0 Å². The number of carbonyl (C=O) groups excluding carboxylic acids is 1. The van der Waals surface area contributed by atoms with Crippen LogP contribution in [0.25, 0.3) is 0 Å². The highest BCUT2D eigenvalue weighted by Crippen LogP contribution is 2.10. The summed E-state index contributed by atoms with van der Waals surface area (Å²) >= 11 is 0. The molecular formula is C16H27N5O. The molecule has 1 aromatic rings. The second-order valence-electron chi connectivity index (χ2n) is 6.27. The molecule has 0 saturated carbocycles. The van der Waals surface area contributed by atoms with Gasteiger partial charge in [-0.2, -0.15) is 0 Å². The van der Waals surface area contributed by atoms with Crippen LogP contribution in [-0.2, 0) is 17.9 Å². The lowest BCUT2D eigenvalue weighted by Crippen LogP contribution is -2.49. The maximum absolute atomic E-state index is 12.2. The Balaban J connectivity index is 1.43. The number of nitrogens with zero attached hydrogens (tertiary/aromatic N) is 5. The summed E-state index contributed by atoms with van der Waals surface area (Å²) in [6, 6.07) is 0. The summed E-state index contributed by atoms with van der Waals surface area (Å²) in [5.41, 5.74) is 0. The Bertz CT molecular complexity index is 486. The zero-order valence-corrected chi connectivity index (χ0v) is 13.6. The minimum Gasteiger partial charge on any atom is -0.342 e. The number of aryl methyl sites for hydroxylation is 1. The van der Waals surface area contributed by atoms with Crippen LogP contribution in [0, 0.1) is 0 Å². The molecule has 0 spiro atoms. The second kappa shape index (κ2) is 7.24. The Labute approximate surface area is 132 Å². The number of imidazole rings is 1. The Morgan fingerprint density at radius 1 is 1.09 bits per heavy atom. The molecule has 1 amide bonds. The topological polar surface area (TPSA) is 44.6 Å². The molecule has 6 heteroatoms. The van der Waals surface area contributed by atoms with E-state index in [-0.39, 0.29) is 0 Å². The molecule has 2 aliphatic rings. The number of likely N-dealkylation sites (tertiary alicyclic amines) is 1. The largest absolute Gasteiger partial charge is 0.342 e. The van der Waals surface area contributed by atoms with Gasteiger partial charge in [0.2, 0.25) is 5.91 Å². The zero-order chi connectivity index (χ0) is 15.4. The van der Waals surface area contributed by atoms with Crippen molar-refractivity contribution >= 4 is 5.91 Å². The molecule has 0 aromatic carbocycles. The van der Waals surface area contributed by atoms with E-state index in [4.69, 9.17) is 0 Å². The van der Waals surface area contributed by atoms with Gasteiger partial charge in [-0.05, 0) is 19.8 Å². The van der Waals surface area contributed by atoms with Gasteiger partial charge >= 0.3 is 0 Å². The van der Waals surface area contributed by atoms with E-state index in [9.17, 15) is 4.79 Å². The lowest BCUT2D eigenvalue weighted by Gasteiger charge is -2.34. The van der Waals surface area contributed by atoms with Gasteiger partial charge in [-0.15, -0.1) is 0 Å². The lowest BCUT2D eigenvalue weighted by molar-refractivity contribution is -0.131. The first-order valence-corrected chi connectivity index (χ1v) is 8.48. The first-order chi connectivity index (χ1) is 10.8. The number of hydrogen-bond donors (Lipinski definition) is 0. The number of piperazine rings is 1. The molecule has 2 aliphatic heterocycles. The van der Waals surface area contributed by atoms with Crippen LogP contribution < -0.4 is 0 Å². The number of amides is 1. The maximum atomic E-state index is 12.2. The van der Waals surface area contributed by atoms with Crippen molar-refractivity contribution in [3.8, 4) is 0 Å². The molecule has 22 heavy (non-hydrogen) atoms. The summed E-state index contributed by atoms with van der Waals surface area (Å²) in [7, 11) is 0. The summed E-state index contributed by atoms with van der Waals surface area (Å²) in [5.74, 6) is 1.46. The predicted octanol–water partition coefficient (Wildman–Crippen LogP) is 0.643. The highest BCUT2D eigenvalue weighted by atomic mass is 16.2. The third kappa shape index (κ3) is 3.67. The van der Waals surface area contributed by atoms with E-state index >= 15 is 0 Å². The summed E-state index contributed by atoms with van der Waals surface area (Å²) in [6.45, 7) is 10.5. The molecule has 6 nitrogen and oxygen atoms in total. The van der Waals surface area contributed by atoms with Gasteiger partial charge in [0.05, 0.1) is 13.1 Å². The minimum atomic E-state index is 0.312. The Morgan fingerprint density at radius 2 is 1.77 bits per heavy atom. The van der Waals surface area contributed by atoms with Gasteiger partial charge in [-0.1, -0.05) is 0 Å². The normalized spacial score (nSPS) is 20.7. The molecule has 0 bridgehead atoms. The fourth-order valence-electron chi connectivity index (χ4n) is 3.34. The van der Waals surface area contributed by atoms with Gasteiger partial charge in [-0.3, -0.25) is 14.6 Å². The molecule has 3 heterocycles. The fraction of sp³-hybridized carbons (Fsp3) is 0.750. The van der Waals surface area contributed by atoms with Crippen molar-refractivity contribution in [1.82, 2.24) is 24.3 Å². The van der Waals surface area contributed by atoms with Gasteiger partial charge in [0.15, 0.2) is 0 Å². The molecule has 0 unspecified atom stereocenters. The molecule has 3 rings (SSSR count). The summed E-state index contributed by atoms with van der Waals surface area (Å²) in [5, 5.41) is 0. The Kier molecular flexibility index (Phi) is 5.10. The number of carbonyl (C=O) groups is 1. The monoisotopic (exact) mass is 305 g/mol. The van der Waals surface area contributed by atoms with Crippen molar-refractivity contribution in [3.05, 3.63) is 18.2 Å². The van der Waals surface area contributed by atoms with E-state index < -0.39 is 0 Å². The third-order valence-corrected chi connectivity index (χ3v) is 4.79. The van der Waals surface area contributed by atoms with E-state index in [1.54, 1.807) is 0 Å². The van der Waals surface area contributed by atoms with Crippen molar-refractivity contribution < 1.29 is 4.79 Å². The number of rotatable bonds is 5. The van der Waals surface area contributed by atoms with Crippen molar-refractivity contribution in [3.63, 3.8) is 0 Å². The van der Waals surface area contributed by atoms with E-state index in [2.05, 4.69) is 26.3 Å². The van der Waals surface area contributed by atoms with Crippen LogP contribution in [0.5, 0.6) is 0 Å². The first-order valence-electron chi connectivity index (χ1n) is 8.48. The van der Waals surface area contributed by atoms with E-state index in [0.29, 0.717) is 12.5 Å². The molecular weight excluding hydrogens is 278 g/mol.